The van der Waals surface area contributed by atoms with Crippen LogP contribution >= 0.6 is 0 Å². The first-order chi connectivity index (χ1) is 30.1. The van der Waals surface area contributed by atoms with Crippen LogP contribution in [-0.2, 0) is 36.6 Å². The molecule has 2 aromatic carbocycles. The highest BCUT2D eigenvalue weighted by molar-refractivity contribution is 5.87. The minimum absolute atomic E-state index is 0.0284. The number of likely N-dealkylation sites (tertiary alicyclic amines) is 2. The number of ether oxygens (including phenoxy) is 3. The second kappa shape index (κ2) is 18.9. The fourth-order valence-corrected chi connectivity index (χ4v) is 9.39. The van der Waals surface area contributed by atoms with Gasteiger partial charge in [0.25, 0.3) is 0 Å². The number of hydrogen-bond donors (Lipinski definition) is 4. The number of aromatic amines is 2. The van der Waals surface area contributed by atoms with Gasteiger partial charge in [0.1, 0.15) is 23.7 Å². The first-order valence-electron chi connectivity index (χ1n) is 21.9. The first-order valence-corrected chi connectivity index (χ1v) is 21.9. The zero-order valence-corrected chi connectivity index (χ0v) is 35.9. The van der Waals surface area contributed by atoms with Gasteiger partial charge in [0.2, 0.25) is 11.8 Å². The topological polar surface area (TPSA) is 184 Å². The van der Waals surface area contributed by atoms with E-state index in [0.29, 0.717) is 39.1 Å². The van der Waals surface area contributed by atoms with Gasteiger partial charge in [-0.25, -0.2) is 19.6 Å². The fourth-order valence-electron chi connectivity index (χ4n) is 9.39. The highest BCUT2D eigenvalue weighted by Gasteiger charge is 2.41. The van der Waals surface area contributed by atoms with Crippen LogP contribution in [0.4, 0.5) is 9.59 Å². The molecular formula is C47H56N8O7. The molecule has 4 aromatic rings. The van der Waals surface area contributed by atoms with Crippen LogP contribution in [0, 0.1) is 23.7 Å². The third-order valence-electron chi connectivity index (χ3n) is 12.7. The van der Waals surface area contributed by atoms with Crippen molar-refractivity contribution in [1.82, 2.24) is 40.4 Å². The molecule has 62 heavy (non-hydrogen) atoms. The van der Waals surface area contributed by atoms with Gasteiger partial charge in [0.15, 0.2) is 0 Å². The Kier molecular flexibility index (Phi) is 12.9. The van der Waals surface area contributed by atoms with Crippen LogP contribution in [0.15, 0.2) is 48.7 Å². The molecule has 5 heterocycles. The molecule has 2 aromatic heterocycles. The van der Waals surface area contributed by atoms with Gasteiger partial charge in [-0.1, -0.05) is 43.9 Å². The molecule has 0 bridgehead atoms. The molecule has 4 amide bonds. The molecule has 0 spiro atoms. The number of imidazole rings is 2. The number of hydrogen-bond acceptors (Lipinski definition) is 9. The highest BCUT2D eigenvalue weighted by Crippen LogP contribution is 2.38. The van der Waals surface area contributed by atoms with Gasteiger partial charge >= 0.3 is 12.2 Å². The van der Waals surface area contributed by atoms with Gasteiger partial charge in [0, 0.05) is 48.7 Å². The fraction of sp³-hybridized carbons (Fsp3) is 0.489. The number of methoxy groups -OCH3 is 2. The van der Waals surface area contributed by atoms with Crippen LogP contribution in [0.5, 0.6) is 0 Å². The normalized spacial score (nSPS) is 19.7. The van der Waals surface area contributed by atoms with Crippen molar-refractivity contribution in [3.05, 3.63) is 82.7 Å². The second-order valence-electron chi connectivity index (χ2n) is 17.0. The maximum Gasteiger partial charge on any atom is 0.407 e. The molecular weight excluding hydrogens is 789 g/mol. The summed E-state index contributed by atoms with van der Waals surface area (Å²) < 4.78 is 15.2. The molecule has 4 aliphatic rings. The van der Waals surface area contributed by atoms with Crippen molar-refractivity contribution in [2.75, 3.05) is 40.5 Å². The Morgan fingerprint density at radius 3 is 2.16 bits per heavy atom. The van der Waals surface area contributed by atoms with E-state index in [2.05, 4.69) is 44.6 Å². The Morgan fingerprint density at radius 2 is 1.45 bits per heavy atom. The lowest BCUT2D eigenvalue weighted by Gasteiger charge is -2.34. The summed E-state index contributed by atoms with van der Waals surface area (Å²) >= 11 is 0. The van der Waals surface area contributed by atoms with E-state index in [9.17, 15) is 19.2 Å². The van der Waals surface area contributed by atoms with Crippen LogP contribution in [0.1, 0.15) is 105 Å². The molecule has 8 rings (SSSR count). The number of alkyl carbamates (subject to hydrolysis) is 2. The third-order valence-corrected chi connectivity index (χ3v) is 12.7. The number of nitrogens with one attached hydrogen (secondary N) is 4. The molecule has 3 fully saturated rings. The van der Waals surface area contributed by atoms with E-state index in [1.54, 1.807) is 6.20 Å². The van der Waals surface area contributed by atoms with E-state index in [1.165, 1.54) is 19.8 Å². The van der Waals surface area contributed by atoms with E-state index in [4.69, 9.17) is 24.2 Å². The number of benzene rings is 2. The van der Waals surface area contributed by atoms with E-state index < -0.39 is 24.3 Å². The zero-order chi connectivity index (χ0) is 43.3. The SMILES string of the molecule is COC(=O)NC(C(=O)N1CCCC1c1nc2c([nH]1)CCCc1cc(C#Cc3ccc(-c4cnc(C5CCCN5C(=O)C(NC(=O)OC)C5CCOCC5)[nH]4)cc3)ccc1-2)C(C)C. The summed E-state index contributed by atoms with van der Waals surface area (Å²) in [5.74, 6) is 7.83. The summed E-state index contributed by atoms with van der Waals surface area (Å²) in [6, 6.07) is 12.6. The van der Waals surface area contributed by atoms with Crippen molar-refractivity contribution in [1.29, 1.82) is 0 Å². The number of H-pyrrole nitrogens is 2. The van der Waals surface area contributed by atoms with Gasteiger partial charge < -0.3 is 44.6 Å². The van der Waals surface area contributed by atoms with E-state index in [1.807, 2.05) is 54.0 Å². The molecule has 326 valence electrons. The third kappa shape index (κ3) is 9.06. The summed E-state index contributed by atoms with van der Waals surface area (Å²) in [6.07, 6.45) is 7.95. The molecule has 0 saturated carbocycles. The number of rotatable bonds is 9. The minimum Gasteiger partial charge on any atom is -0.453 e. The quantitative estimate of drug-likeness (QED) is 0.142. The maximum atomic E-state index is 14.0. The summed E-state index contributed by atoms with van der Waals surface area (Å²) in [7, 11) is 2.61. The molecule has 4 atom stereocenters. The van der Waals surface area contributed by atoms with Crippen molar-refractivity contribution in [3.8, 4) is 34.4 Å². The monoisotopic (exact) mass is 844 g/mol. The predicted molar refractivity (Wildman–Crippen MR) is 230 cm³/mol. The Hall–Kier alpha value is -6.14. The molecule has 4 unspecified atom stereocenters. The van der Waals surface area contributed by atoms with Crippen molar-refractivity contribution in [2.45, 2.75) is 95.8 Å². The summed E-state index contributed by atoms with van der Waals surface area (Å²) in [5, 5.41) is 5.54. The van der Waals surface area contributed by atoms with Crippen LogP contribution in [0.3, 0.4) is 0 Å². The molecule has 15 heteroatoms. The molecule has 0 radical (unpaired) electrons. The zero-order valence-electron chi connectivity index (χ0n) is 35.9. The first kappa shape index (κ1) is 42.5. The second-order valence-corrected chi connectivity index (χ2v) is 17.0. The van der Waals surface area contributed by atoms with Crippen LogP contribution in [0.2, 0.25) is 0 Å². The minimum atomic E-state index is -0.687. The largest absolute Gasteiger partial charge is 0.453 e. The summed E-state index contributed by atoms with van der Waals surface area (Å²) in [6.45, 7) is 6.14. The standard InChI is InChI=1S/C47H56N8O7/c1-28(2)39(52-46(58)60-3)44(56)55-23-7-11-38(55)43-49-35-9-5-8-33-26-30(16-19-34(33)41(35)51-43)13-12-29-14-17-31(18-15-29)36-27-48-42(50-36)37-10-6-22-54(37)45(57)40(53-47(59)61-4)32-20-24-62-25-21-32/h14-19,26-28,32,37-40H,5-11,20-25H2,1-4H3,(H,48,50)(H,49,51)(H,52,58)(H,53,59). The van der Waals surface area contributed by atoms with Gasteiger partial charge in [-0.15, -0.1) is 0 Å². The molecule has 3 aliphatic heterocycles. The van der Waals surface area contributed by atoms with Crippen LogP contribution < -0.4 is 10.6 Å². The number of aromatic nitrogens is 4. The van der Waals surface area contributed by atoms with Crippen molar-refractivity contribution in [2.24, 2.45) is 11.8 Å². The van der Waals surface area contributed by atoms with E-state index in [0.717, 1.165) is 95.9 Å². The van der Waals surface area contributed by atoms with Crippen LogP contribution in [-0.4, -0.2) is 106 Å². The summed E-state index contributed by atoms with van der Waals surface area (Å²) in [4.78, 5) is 72.6. The maximum absolute atomic E-state index is 14.0. The van der Waals surface area contributed by atoms with Crippen molar-refractivity contribution >= 4 is 24.0 Å². The highest BCUT2D eigenvalue weighted by atomic mass is 16.5. The van der Waals surface area contributed by atoms with E-state index >= 15 is 0 Å². The number of amides is 4. The van der Waals surface area contributed by atoms with Gasteiger partial charge in [-0.05, 0) is 105 Å². The number of aryl methyl sites for hydroxylation is 2. The lowest BCUT2D eigenvalue weighted by Crippen LogP contribution is -2.53. The lowest BCUT2D eigenvalue weighted by molar-refractivity contribution is -0.137. The average Bonchev–Trinajstić information content (AvgIpc) is 4.13. The molecule has 1 aliphatic carbocycles. The van der Waals surface area contributed by atoms with Gasteiger partial charge in [-0.2, -0.15) is 0 Å². The number of nitrogens with zero attached hydrogens (tertiary/aromatic N) is 4. The predicted octanol–water partition coefficient (Wildman–Crippen LogP) is 6.21. The Bertz CT molecular complexity index is 2340. The Balaban J connectivity index is 0.937. The van der Waals surface area contributed by atoms with Gasteiger partial charge in [0.05, 0.1) is 43.9 Å². The molecule has 4 N–H and O–H groups in total. The summed E-state index contributed by atoms with van der Waals surface area (Å²) in [5.41, 5.74) is 7.90. The lowest BCUT2D eigenvalue weighted by atomic mass is 9.90. The number of fused-ring (bicyclic) bond motifs is 3. The smallest absolute Gasteiger partial charge is 0.407 e. The number of carbonyl (C=O) groups is 4. The van der Waals surface area contributed by atoms with Crippen molar-refractivity contribution in [3.63, 3.8) is 0 Å². The van der Waals surface area contributed by atoms with Crippen molar-refractivity contribution < 1.29 is 33.4 Å². The van der Waals surface area contributed by atoms with Crippen LogP contribution in [0.25, 0.3) is 22.5 Å². The Labute approximate surface area is 362 Å². The molecule has 3 saturated heterocycles. The van der Waals surface area contributed by atoms with Gasteiger partial charge in [-0.3, -0.25) is 9.59 Å². The average molecular weight is 845 g/mol. The van der Waals surface area contributed by atoms with E-state index in [-0.39, 0.29) is 35.7 Å². The number of carbonyl (C=O) groups excluding carboxylic acids is 4. The molecule has 15 nitrogen and oxygen atoms in total. The Morgan fingerprint density at radius 1 is 0.790 bits per heavy atom.